The number of aliphatic hydroxyl groups excluding tert-OH is 3. The predicted octanol–water partition coefficient (Wildman–Crippen LogP) is 0.514. The van der Waals surface area contributed by atoms with Crippen LogP contribution in [-0.2, 0) is 9.57 Å². The number of anilines is 1. The molecule has 4 unspecified atom stereocenters. The van der Waals surface area contributed by atoms with Gasteiger partial charge in [0.1, 0.15) is 37.3 Å². The zero-order chi connectivity index (χ0) is 21.1. The van der Waals surface area contributed by atoms with Gasteiger partial charge in [0.2, 0.25) is 5.28 Å². The number of para-hydroxylation sites is 1. The van der Waals surface area contributed by atoms with E-state index in [4.69, 9.17) is 25.9 Å². The quantitative estimate of drug-likeness (QED) is 0.223. The molecule has 1 fully saturated rings. The lowest BCUT2D eigenvalue weighted by Crippen LogP contribution is -2.33. The maximum atomic E-state index is 10.3. The maximum Gasteiger partial charge on any atom is 0.226 e. The van der Waals surface area contributed by atoms with Gasteiger partial charge >= 0.3 is 0 Å². The van der Waals surface area contributed by atoms with E-state index in [1.54, 1.807) is 0 Å². The summed E-state index contributed by atoms with van der Waals surface area (Å²) in [5, 5.41) is 29.4. The molecule has 1 aliphatic heterocycles. The topological polar surface area (TPSA) is 144 Å². The van der Waals surface area contributed by atoms with Crippen molar-refractivity contribution in [3.8, 4) is 5.75 Å². The largest absolute Gasteiger partial charge is 0.491 e. The number of hydrogen-bond acceptors (Lipinski definition) is 10. The lowest BCUT2D eigenvalue weighted by atomic mass is 10.1. The number of hydrogen-bond donors (Lipinski definition) is 4. The molecule has 12 heteroatoms. The molecule has 0 saturated carbocycles. The van der Waals surface area contributed by atoms with Crippen LogP contribution in [0.4, 0.5) is 5.82 Å². The number of halogens is 1. The number of ether oxygens (including phenoxy) is 2. The van der Waals surface area contributed by atoms with Crippen molar-refractivity contribution in [1.82, 2.24) is 19.5 Å². The summed E-state index contributed by atoms with van der Waals surface area (Å²) in [6.07, 6.45) is -3.08. The van der Waals surface area contributed by atoms with E-state index in [1.165, 1.54) is 10.9 Å². The second-order valence-corrected chi connectivity index (χ2v) is 6.84. The standard InChI is InChI=1S/C18H20ClN5O6/c19-18-21-15(23-29-7-6-28-10-4-2-1-3-5-10)12-16(22-18)24(9-20-12)17-14(27)13(26)11(8-25)30-17/h1-5,9,11,13-14,17,25-27H,6-8H2,(H,21,22,23). The van der Waals surface area contributed by atoms with Crippen molar-refractivity contribution in [3.05, 3.63) is 41.9 Å². The Labute approximate surface area is 175 Å². The smallest absolute Gasteiger partial charge is 0.226 e. The van der Waals surface area contributed by atoms with Gasteiger partial charge < -0.3 is 24.8 Å². The molecule has 160 valence electrons. The summed E-state index contributed by atoms with van der Waals surface area (Å²) in [5.74, 6) is 0.945. The van der Waals surface area contributed by atoms with Gasteiger partial charge in [0.25, 0.3) is 0 Å². The third-order valence-corrected chi connectivity index (χ3v) is 4.72. The van der Waals surface area contributed by atoms with E-state index in [0.717, 1.165) is 5.75 Å². The Kier molecular flexibility index (Phi) is 6.27. The molecular weight excluding hydrogens is 418 g/mol. The zero-order valence-electron chi connectivity index (χ0n) is 15.6. The molecule has 1 saturated heterocycles. The average Bonchev–Trinajstić information content (AvgIpc) is 3.29. The van der Waals surface area contributed by atoms with Crippen LogP contribution >= 0.6 is 11.6 Å². The van der Waals surface area contributed by atoms with Crippen molar-refractivity contribution in [3.63, 3.8) is 0 Å². The van der Waals surface area contributed by atoms with Crippen molar-refractivity contribution in [2.24, 2.45) is 0 Å². The van der Waals surface area contributed by atoms with Gasteiger partial charge in [-0.15, -0.1) is 0 Å². The number of rotatable bonds is 8. The molecule has 1 aliphatic rings. The second kappa shape index (κ2) is 9.08. The second-order valence-electron chi connectivity index (χ2n) is 6.51. The Balaban J connectivity index is 1.45. The van der Waals surface area contributed by atoms with Crippen molar-refractivity contribution in [2.45, 2.75) is 24.5 Å². The number of nitrogens with one attached hydrogen (secondary N) is 1. The summed E-state index contributed by atoms with van der Waals surface area (Å²) < 4.78 is 12.5. The van der Waals surface area contributed by atoms with Crippen LogP contribution < -0.4 is 10.2 Å². The Bertz CT molecular complexity index is 990. The summed E-state index contributed by atoms with van der Waals surface area (Å²) in [6.45, 7) is 0.0757. The minimum Gasteiger partial charge on any atom is -0.491 e. The summed E-state index contributed by atoms with van der Waals surface area (Å²) in [7, 11) is 0. The number of imidazole rings is 1. The first-order chi connectivity index (χ1) is 14.6. The molecule has 3 aromatic rings. The SMILES string of the molecule is OCC1OC(n2cnc3c(NOCCOc4ccccc4)nc(Cl)nc32)C(O)C1O. The molecule has 4 atom stereocenters. The molecular formula is C18H20ClN5O6. The number of benzene rings is 1. The van der Waals surface area contributed by atoms with E-state index in [2.05, 4.69) is 20.4 Å². The van der Waals surface area contributed by atoms with Gasteiger partial charge in [-0.2, -0.15) is 9.97 Å². The zero-order valence-corrected chi connectivity index (χ0v) is 16.4. The molecule has 0 spiro atoms. The number of aliphatic hydroxyl groups is 3. The van der Waals surface area contributed by atoms with Gasteiger partial charge in [0, 0.05) is 0 Å². The summed E-state index contributed by atoms with van der Waals surface area (Å²) in [6, 6.07) is 9.32. The molecule has 0 aliphatic carbocycles. The van der Waals surface area contributed by atoms with E-state index in [9.17, 15) is 15.3 Å². The highest BCUT2D eigenvalue weighted by Gasteiger charge is 2.44. The average molecular weight is 438 g/mol. The maximum absolute atomic E-state index is 10.3. The van der Waals surface area contributed by atoms with Gasteiger partial charge in [0.05, 0.1) is 12.9 Å². The van der Waals surface area contributed by atoms with Gasteiger partial charge in [-0.25, -0.2) is 10.5 Å². The minimum atomic E-state index is -1.28. The highest BCUT2D eigenvalue weighted by atomic mass is 35.5. The van der Waals surface area contributed by atoms with Crippen LogP contribution in [0.1, 0.15) is 6.23 Å². The van der Waals surface area contributed by atoms with E-state index in [0.29, 0.717) is 12.1 Å². The Morgan fingerprint density at radius 2 is 1.93 bits per heavy atom. The molecule has 0 radical (unpaired) electrons. The lowest BCUT2D eigenvalue weighted by molar-refractivity contribution is -0.0511. The first kappa shape index (κ1) is 20.7. The van der Waals surface area contributed by atoms with Crippen LogP contribution in [0.3, 0.4) is 0 Å². The van der Waals surface area contributed by atoms with E-state index >= 15 is 0 Å². The third kappa shape index (κ3) is 4.17. The van der Waals surface area contributed by atoms with Gasteiger partial charge in [0.15, 0.2) is 23.2 Å². The molecule has 1 aromatic carbocycles. The van der Waals surface area contributed by atoms with Gasteiger partial charge in [-0.05, 0) is 23.7 Å². The molecule has 4 rings (SSSR count). The van der Waals surface area contributed by atoms with Crippen molar-refractivity contribution in [1.29, 1.82) is 0 Å². The van der Waals surface area contributed by atoms with Crippen LogP contribution in [-0.4, -0.2) is 73.0 Å². The van der Waals surface area contributed by atoms with E-state index < -0.39 is 31.1 Å². The van der Waals surface area contributed by atoms with Crippen LogP contribution in [0.15, 0.2) is 36.7 Å². The van der Waals surface area contributed by atoms with Crippen molar-refractivity contribution < 1.29 is 29.6 Å². The van der Waals surface area contributed by atoms with E-state index in [-0.39, 0.29) is 23.4 Å². The summed E-state index contributed by atoms with van der Waals surface area (Å²) >= 11 is 6.02. The van der Waals surface area contributed by atoms with Crippen LogP contribution in [0.25, 0.3) is 11.2 Å². The lowest BCUT2D eigenvalue weighted by Gasteiger charge is -2.16. The Morgan fingerprint density at radius 3 is 2.67 bits per heavy atom. The van der Waals surface area contributed by atoms with Gasteiger partial charge in [-0.1, -0.05) is 18.2 Å². The van der Waals surface area contributed by atoms with Crippen molar-refractivity contribution in [2.75, 3.05) is 25.3 Å². The molecule has 0 amide bonds. The fraction of sp³-hybridized carbons (Fsp3) is 0.389. The predicted molar refractivity (Wildman–Crippen MR) is 105 cm³/mol. The molecule has 3 heterocycles. The number of aromatic nitrogens is 4. The normalized spacial score (nSPS) is 23.7. The number of nitrogens with zero attached hydrogens (tertiary/aromatic N) is 4. The summed E-state index contributed by atoms with van der Waals surface area (Å²) in [5.41, 5.74) is 3.26. The fourth-order valence-corrected chi connectivity index (χ4v) is 3.26. The van der Waals surface area contributed by atoms with Crippen LogP contribution in [0.2, 0.25) is 5.28 Å². The summed E-state index contributed by atoms with van der Waals surface area (Å²) in [4.78, 5) is 17.8. The Hall–Kier alpha value is -2.54. The highest BCUT2D eigenvalue weighted by molar-refractivity contribution is 6.28. The molecule has 2 aromatic heterocycles. The molecule has 0 bridgehead atoms. The van der Waals surface area contributed by atoms with E-state index in [1.807, 2.05) is 30.3 Å². The first-order valence-corrected chi connectivity index (χ1v) is 9.54. The monoisotopic (exact) mass is 437 g/mol. The first-order valence-electron chi connectivity index (χ1n) is 9.16. The molecule has 30 heavy (non-hydrogen) atoms. The van der Waals surface area contributed by atoms with Crippen molar-refractivity contribution >= 4 is 28.6 Å². The minimum absolute atomic E-state index is 0.0809. The van der Waals surface area contributed by atoms with Crippen LogP contribution in [0.5, 0.6) is 5.75 Å². The molecule has 4 N–H and O–H groups in total. The Morgan fingerprint density at radius 1 is 1.13 bits per heavy atom. The third-order valence-electron chi connectivity index (χ3n) is 4.55. The molecule has 11 nitrogen and oxygen atoms in total. The number of fused-ring (bicyclic) bond motifs is 1. The fourth-order valence-electron chi connectivity index (χ4n) is 3.09. The van der Waals surface area contributed by atoms with Gasteiger partial charge in [-0.3, -0.25) is 9.40 Å². The van der Waals surface area contributed by atoms with Crippen LogP contribution in [0, 0.1) is 0 Å². The highest BCUT2D eigenvalue weighted by Crippen LogP contribution is 2.32.